The summed E-state index contributed by atoms with van der Waals surface area (Å²) >= 11 is 0. The van der Waals surface area contributed by atoms with Crippen molar-refractivity contribution in [3.05, 3.63) is 35.3 Å². The van der Waals surface area contributed by atoms with Crippen molar-refractivity contribution < 1.29 is 38.7 Å². The molecule has 2 N–H and O–H groups in total. The second-order valence-electron chi connectivity index (χ2n) is 6.92. The van der Waals surface area contributed by atoms with E-state index in [0.29, 0.717) is 37.2 Å². The third-order valence-corrected chi connectivity index (χ3v) is 5.02. The summed E-state index contributed by atoms with van der Waals surface area (Å²) in [5, 5.41) is 29.4. The van der Waals surface area contributed by atoms with Crippen LogP contribution < -0.4 is 29.3 Å². The number of rotatable bonds is 5. The number of aromatic nitrogens is 3. The number of nitrogens with zero attached hydrogens (tertiary/aromatic N) is 4. The standard InChI is InChI=1S/C18H21N5O4.Li/c24-12(8-22-6-5-20-15(25)10-22)9-23-17(18(26)27)14-2-1-11-7-19-4-3-13(11)16(14)21-23;/h3-4,7,12,24H,1-2,5-6,8-10H2,(H,20,25)(H,26,27);/q;+1/p-1. The van der Waals surface area contributed by atoms with Crippen molar-refractivity contribution in [2.24, 2.45) is 0 Å². The molecule has 4 rings (SSSR count). The molecular formula is C18H20LiN5O4. The Hall–Kier alpha value is -2.18. The topological polar surface area (TPSA) is 123 Å². The predicted octanol–water partition coefficient (Wildman–Crippen LogP) is -4.80. The second kappa shape index (κ2) is 8.45. The number of piperazine rings is 1. The van der Waals surface area contributed by atoms with Crippen molar-refractivity contribution in [3.8, 4) is 11.3 Å². The third kappa shape index (κ3) is 3.98. The number of aliphatic hydroxyl groups is 1. The smallest absolute Gasteiger partial charge is 0.543 e. The first kappa shape index (κ1) is 20.5. The van der Waals surface area contributed by atoms with E-state index in [0.717, 1.165) is 11.1 Å². The van der Waals surface area contributed by atoms with Gasteiger partial charge in [-0.2, -0.15) is 5.10 Å². The largest absolute Gasteiger partial charge is 1.00 e. The van der Waals surface area contributed by atoms with E-state index < -0.39 is 12.1 Å². The zero-order valence-corrected chi connectivity index (χ0v) is 15.7. The first-order valence-electron chi connectivity index (χ1n) is 8.94. The van der Waals surface area contributed by atoms with Gasteiger partial charge in [0.25, 0.3) is 0 Å². The van der Waals surface area contributed by atoms with Crippen LogP contribution in [0.3, 0.4) is 0 Å². The number of carboxylic acids is 1. The van der Waals surface area contributed by atoms with Gasteiger partial charge in [0.15, 0.2) is 0 Å². The fraction of sp³-hybridized carbons (Fsp3) is 0.444. The quantitative estimate of drug-likeness (QED) is 0.501. The summed E-state index contributed by atoms with van der Waals surface area (Å²) < 4.78 is 1.32. The van der Waals surface area contributed by atoms with Crippen molar-refractivity contribution in [1.82, 2.24) is 25.0 Å². The molecule has 0 spiro atoms. The molecule has 9 nitrogen and oxygen atoms in total. The van der Waals surface area contributed by atoms with E-state index in [1.165, 1.54) is 4.68 Å². The minimum atomic E-state index is -1.30. The van der Waals surface area contributed by atoms with Crippen LogP contribution >= 0.6 is 0 Å². The molecule has 1 saturated heterocycles. The molecule has 1 aliphatic carbocycles. The van der Waals surface area contributed by atoms with Gasteiger partial charge in [-0.05, 0) is 24.5 Å². The van der Waals surface area contributed by atoms with Gasteiger partial charge in [0, 0.05) is 43.2 Å². The number of pyridine rings is 1. The van der Waals surface area contributed by atoms with E-state index in [1.807, 2.05) is 11.0 Å². The van der Waals surface area contributed by atoms with Crippen molar-refractivity contribution in [2.45, 2.75) is 25.5 Å². The van der Waals surface area contributed by atoms with Crippen molar-refractivity contribution >= 4 is 11.9 Å². The van der Waals surface area contributed by atoms with E-state index in [-0.39, 0.29) is 50.1 Å². The Balaban J connectivity index is 0.00000225. The summed E-state index contributed by atoms with van der Waals surface area (Å²) in [7, 11) is 0. The molecule has 0 saturated carbocycles. The van der Waals surface area contributed by atoms with E-state index in [2.05, 4.69) is 15.4 Å². The van der Waals surface area contributed by atoms with Crippen molar-refractivity contribution in [1.29, 1.82) is 0 Å². The molecule has 1 unspecified atom stereocenters. The number of carboxylic acid groups (broad SMARTS) is 1. The number of carbonyl (C=O) groups excluding carboxylic acids is 2. The van der Waals surface area contributed by atoms with Crippen molar-refractivity contribution in [3.63, 3.8) is 0 Å². The first-order chi connectivity index (χ1) is 13.0. The van der Waals surface area contributed by atoms with Crippen molar-refractivity contribution in [2.75, 3.05) is 26.2 Å². The number of nitrogens with one attached hydrogen (secondary N) is 1. The van der Waals surface area contributed by atoms with Crippen LogP contribution in [0.4, 0.5) is 0 Å². The van der Waals surface area contributed by atoms with Gasteiger partial charge >= 0.3 is 18.9 Å². The van der Waals surface area contributed by atoms with Gasteiger partial charge in [0.2, 0.25) is 5.91 Å². The molecule has 1 atom stereocenters. The predicted molar refractivity (Wildman–Crippen MR) is 92.7 cm³/mol. The summed E-state index contributed by atoms with van der Waals surface area (Å²) in [6, 6.07) is 1.83. The number of amides is 1. The Morgan fingerprint density at radius 3 is 2.93 bits per heavy atom. The molecule has 3 heterocycles. The number of aromatic carboxylic acids is 1. The molecule has 1 amide bonds. The van der Waals surface area contributed by atoms with Gasteiger partial charge in [-0.15, -0.1) is 0 Å². The molecule has 142 valence electrons. The van der Waals surface area contributed by atoms with Gasteiger partial charge in [0.1, 0.15) is 0 Å². The zero-order chi connectivity index (χ0) is 19.0. The molecule has 2 aromatic rings. The number of aliphatic hydroxyl groups excluding tert-OH is 1. The normalized spacial score (nSPS) is 17.1. The van der Waals surface area contributed by atoms with Gasteiger partial charge in [-0.1, -0.05) is 0 Å². The monoisotopic (exact) mass is 377 g/mol. The summed E-state index contributed by atoms with van der Waals surface area (Å²) in [6.07, 6.45) is 3.80. The minimum absolute atomic E-state index is 0. The molecule has 2 aliphatic rings. The number of hydrogen-bond acceptors (Lipinski definition) is 7. The molecule has 0 radical (unpaired) electrons. The van der Waals surface area contributed by atoms with Gasteiger partial charge < -0.3 is 20.3 Å². The van der Waals surface area contributed by atoms with Crippen LogP contribution in [0.15, 0.2) is 18.5 Å². The molecule has 1 fully saturated rings. The molecule has 10 heteroatoms. The van der Waals surface area contributed by atoms with E-state index in [4.69, 9.17) is 0 Å². The Kier molecular flexibility index (Phi) is 6.20. The number of hydrogen-bond donors (Lipinski definition) is 2. The van der Waals surface area contributed by atoms with Crippen LogP contribution in [-0.4, -0.2) is 68.9 Å². The molecule has 0 bridgehead atoms. The van der Waals surface area contributed by atoms with Crippen LogP contribution in [0.5, 0.6) is 0 Å². The zero-order valence-electron chi connectivity index (χ0n) is 15.7. The fourth-order valence-electron chi connectivity index (χ4n) is 3.83. The number of β-amino-alcohol motifs (C(OH)–C–C–N with tert-alkyl or cyclic N) is 1. The summed E-state index contributed by atoms with van der Waals surface area (Å²) in [6.45, 7) is 1.70. The summed E-state index contributed by atoms with van der Waals surface area (Å²) in [5.41, 5.74) is 3.16. The average Bonchev–Trinajstić information content (AvgIpc) is 3.00. The van der Waals surface area contributed by atoms with Crippen LogP contribution in [0.2, 0.25) is 0 Å². The van der Waals surface area contributed by atoms with Gasteiger partial charge in [0.05, 0.1) is 36.6 Å². The number of aryl methyl sites for hydroxylation is 1. The summed E-state index contributed by atoms with van der Waals surface area (Å²) in [5.74, 6) is -1.38. The Labute approximate surface area is 173 Å². The van der Waals surface area contributed by atoms with E-state index >= 15 is 0 Å². The molecule has 0 aromatic carbocycles. The van der Waals surface area contributed by atoms with Gasteiger partial charge in [-0.25, -0.2) is 0 Å². The third-order valence-electron chi connectivity index (χ3n) is 5.02. The minimum Gasteiger partial charge on any atom is -0.543 e. The maximum Gasteiger partial charge on any atom is 1.00 e. The van der Waals surface area contributed by atoms with E-state index in [1.54, 1.807) is 12.4 Å². The number of carbonyl (C=O) groups is 2. The molecule has 2 aromatic heterocycles. The Morgan fingerprint density at radius 1 is 1.36 bits per heavy atom. The van der Waals surface area contributed by atoms with E-state index in [9.17, 15) is 19.8 Å². The first-order valence-corrected chi connectivity index (χ1v) is 8.94. The maximum atomic E-state index is 11.8. The Morgan fingerprint density at radius 2 is 2.18 bits per heavy atom. The average molecular weight is 377 g/mol. The maximum absolute atomic E-state index is 11.8. The molecular weight excluding hydrogens is 357 g/mol. The SMILES string of the molecule is O=C1CN(CC(O)Cn2nc3c(c2C(=O)[O-])CCc2cnccc2-3)CCN1.[Li+]. The summed E-state index contributed by atoms with van der Waals surface area (Å²) in [4.78, 5) is 29.2. The Bertz CT molecular complexity index is 900. The number of fused-ring (bicyclic) bond motifs is 3. The molecule has 1 aliphatic heterocycles. The van der Waals surface area contributed by atoms with Crippen LogP contribution in [0, 0.1) is 0 Å². The molecule has 28 heavy (non-hydrogen) atoms. The van der Waals surface area contributed by atoms with Crippen LogP contribution in [0.1, 0.15) is 21.6 Å². The van der Waals surface area contributed by atoms with Crippen LogP contribution in [0.25, 0.3) is 11.3 Å². The second-order valence-corrected chi connectivity index (χ2v) is 6.92. The van der Waals surface area contributed by atoms with Gasteiger partial charge in [-0.3, -0.25) is 19.4 Å². The van der Waals surface area contributed by atoms with Crippen LogP contribution in [-0.2, 0) is 24.2 Å². The fourth-order valence-corrected chi connectivity index (χ4v) is 3.83.